The molecule has 1 fully saturated rings. The lowest BCUT2D eigenvalue weighted by atomic mass is 9.97. The fourth-order valence-electron chi connectivity index (χ4n) is 4.99. The summed E-state index contributed by atoms with van der Waals surface area (Å²) in [6, 6.07) is 12.3. The maximum Gasteiger partial charge on any atom is 0.255 e. The molecule has 11 nitrogen and oxygen atoms in total. The van der Waals surface area contributed by atoms with E-state index >= 15 is 0 Å². The lowest BCUT2D eigenvalue weighted by molar-refractivity contribution is -0.122. The molecule has 1 aromatic carbocycles. The third-order valence-corrected chi connectivity index (χ3v) is 6.99. The van der Waals surface area contributed by atoms with Gasteiger partial charge in [-0.3, -0.25) is 19.4 Å². The Morgan fingerprint density at radius 2 is 1.97 bits per heavy atom. The first-order valence-electron chi connectivity index (χ1n) is 12.5. The number of nitrogens with zero attached hydrogens (tertiary/aromatic N) is 4. The molecule has 0 bridgehead atoms. The van der Waals surface area contributed by atoms with Crippen LogP contribution in [0.15, 0.2) is 57.9 Å². The molecular formula is C27H26N6O5. The van der Waals surface area contributed by atoms with E-state index in [0.29, 0.717) is 47.1 Å². The highest BCUT2D eigenvalue weighted by Crippen LogP contribution is 2.29. The first kappa shape index (κ1) is 23.7. The van der Waals surface area contributed by atoms with Gasteiger partial charge in [-0.1, -0.05) is 0 Å². The summed E-state index contributed by atoms with van der Waals surface area (Å²) in [5.74, 6) is 0.672. The highest BCUT2D eigenvalue weighted by Gasteiger charge is 2.36. The van der Waals surface area contributed by atoms with Gasteiger partial charge in [0, 0.05) is 30.3 Å². The number of hydrogen-bond donors (Lipinski definition) is 2. The van der Waals surface area contributed by atoms with Gasteiger partial charge in [0.25, 0.3) is 5.56 Å². The molecule has 2 aliphatic rings. The number of carbonyl (C=O) groups excluding carboxylic acids is 2. The Kier molecular flexibility index (Phi) is 6.02. The van der Waals surface area contributed by atoms with Crippen molar-refractivity contribution in [2.45, 2.75) is 32.1 Å². The van der Waals surface area contributed by atoms with Crippen molar-refractivity contribution in [2.75, 3.05) is 23.9 Å². The molecule has 6 rings (SSSR count). The van der Waals surface area contributed by atoms with Gasteiger partial charge in [0.2, 0.25) is 17.8 Å². The highest BCUT2D eigenvalue weighted by atomic mass is 16.5. The normalized spacial score (nSPS) is 16.9. The third-order valence-electron chi connectivity index (χ3n) is 6.99. The molecule has 38 heavy (non-hydrogen) atoms. The van der Waals surface area contributed by atoms with Crippen LogP contribution in [0.3, 0.4) is 0 Å². The van der Waals surface area contributed by atoms with Gasteiger partial charge in [0.05, 0.1) is 25.0 Å². The number of aryl methyl sites for hydroxylation is 1. The van der Waals surface area contributed by atoms with Crippen LogP contribution in [0.1, 0.15) is 30.5 Å². The Bertz CT molecular complexity index is 1550. The van der Waals surface area contributed by atoms with E-state index in [9.17, 15) is 14.4 Å². The fraction of sp³-hybridized carbons (Fsp3) is 0.296. The van der Waals surface area contributed by atoms with E-state index in [1.807, 2.05) is 0 Å². The van der Waals surface area contributed by atoms with Gasteiger partial charge in [-0.25, -0.2) is 4.98 Å². The van der Waals surface area contributed by atoms with Crippen molar-refractivity contribution < 1.29 is 18.7 Å². The Balaban J connectivity index is 1.29. The molecule has 4 aromatic rings. The van der Waals surface area contributed by atoms with E-state index < -0.39 is 5.92 Å². The summed E-state index contributed by atoms with van der Waals surface area (Å²) >= 11 is 0. The summed E-state index contributed by atoms with van der Waals surface area (Å²) in [5.41, 5.74) is 2.42. The number of fused-ring (bicyclic) bond motifs is 1. The molecule has 11 heteroatoms. The van der Waals surface area contributed by atoms with Crippen molar-refractivity contribution in [1.82, 2.24) is 19.7 Å². The zero-order valence-electron chi connectivity index (χ0n) is 20.8. The van der Waals surface area contributed by atoms with Crippen LogP contribution < -0.4 is 20.5 Å². The number of amides is 2. The molecule has 1 atom stereocenters. The monoisotopic (exact) mass is 514 g/mol. The number of methoxy groups -OCH3 is 1. The Labute approximate surface area is 217 Å². The molecule has 1 aliphatic heterocycles. The minimum absolute atomic E-state index is 0.0744. The fourth-order valence-corrected chi connectivity index (χ4v) is 4.99. The quantitative estimate of drug-likeness (QED) is 0.404. The first-order valence-corrected chi connectivity index (χ1v) is 12.5. The van der Waals surface area contributed by atoms with Gasteiger partial charge in [0.15, 0.2) is 5.76 Å². The summed E-state index contributed by atoms with van der Waals surface area (Å²) in [6.07, 6.45) is 4.93. The molecule has 194 valence electrons. The lowest BCUT2D eigenvalue weighted by Crippen LogP contribution is -2.29. The number of aromatic nitrogens is 4. The standard InChI is InChI=1S/C27H26N6O5/c1-37-18-10-8-17(9-11-18)32-15-16(13-24(32)34)25(35)29-23-14-21(22-7-4-12-38-22)31-33(23)27-28-20-6-3-2-5-19(20)26(36)30-27/h4,7-12,14,16H,2-3,5-6,13,15H2,1H3,(H,29,35)(H,28,30,36). The Hall–Kier alpha value is -4.67. The van der Waals surface area contributed by atoms with Crippen LogP contribution in [-0.4, -0.2) is 45.2 Å². The molecule has 1 saturated heterocycles. The zero-order chi connectivity index (χ0) is 26.2. The highest BCUT2D eigenvalue weighted by molar-refractivity contribution is 6.03. The van der Waals surface area contributed by atoms with Crippen molar-refractivity contribution >= 4 is 23.3 Å². The van der Waals surface area contributed by atoms with E-state index in [2.05, 4.69) is 20.4 Å². The average Bonchev–Trinajstić information content (AvgIpc) is 3.69. The molecule has 2 amide bonds. The first-order chi connectivity index (χ1) is 18.5. The van der Waals surface area contributed by atoms with Crippen molar-refractivity contribution in [3.63, 3.8) is 0 Å². The van der Waals surface area contributed by atoms with Crippen LogP contribution in [0.25, 0.3) is 17.4 Å². The maximum absolute atomic E-state index is 13.3. The second-order valence-corrected chi connectivity index (χ2v) is 9.42. The van der Waals surface area contributed by atoms with Crippen molar-refractivity contribution in [2.24, 2.45) is 5.92 Å². The van der Waals surface area contributed by atoms with Crippen molar-refractivity contribution in [3.05, 3.63) is 70.3 Å². The number of anilines is 2. The van der Waals surface area contributed by atoms with Gasteiger partial charge in [-0.2, -0.15) is 9.78 Å². The summed E-state index contributed by atoms with van der Waals surface area (Å²) in [6.45, 7) is 0.240. The average molecular weight is 515 g/mol. The molecule has 1 aliphatic carbocycles. The number of ether oxygens (including phenoxy) is 1. The summed E-state index contributed by atoms with van der Waals surface area (Å²) in [7, 11) is 1.58. The zero-order valence-corrected chi connectivity index (χ0v) is 20.8. The molecule has 0 spiro atoms. The second-order valence-electron chi connectivity index (χ2n) is 9.42. The van der Waals surface area contributed by atoms with E-state index in [4.69, 9.17) is 9.15 Å². The van der Waals surface area contributed by atoms with Crippen molar-refractivity contribution in [3.8, 4) is 23.2 Å². The smallest absolute Gasteiger partial charge is 0.255 e. The number of aromatic amines is 1. The van der Waals surface area contributed by atoms with Crippen LogP contribution in [-0.2, 0) is 22.4 Å². The van der Waals surface area contributed by atoms with Gasteiger partial charge in [-0.05, 0) is 62.1 Å². The van der Waals surface area contributed by atoms with Crippen LogP contribution >= 0.6 is 0 Å². The molecular weight excluding hydrogens is 488 g/mol. The largest absolute Gasteiger partial charge is 0.497 e. The van der Waals surface area contributed by atoms with Gasteiger partial charge >= 0.3 is 0 Å². The van der Waals surface area contributed by atoms with E-state index in [0.717, 1.165) is 18.5 Å². The molecule has 0 radical (unpaired) electrons. The number of H-pyrrole nitrogens is 1. The van der Waals surface area contributed by atoms with Crippen LogP contribution in [0.5, 0.6) is 5.75 Å². The number of carbonyl (C=O) groups is 2. The lowest BCUT2D eigenvalue weighted by Gasteiger charge is -2.17. The van der Waals surface area contributed by atoms with E-state index in [1.165, 1.54) is 10.9 Å². The van der Waals surface area contributed by atoms with E-state index in [-0.39, 0.29) is 36.3 Å². The summed E-state index contributed by atoms with van der Waals surface area (Å²) in [4.78, 5) is 48.0. The minimum Gasteiger partial charge on any atom is -0.497 e. The SMILES string of the molecule is COc1ccc(N2CC(C(=O)Nc3cc(-c4ccco4)nn3-c3nc4c(c(=O)[nH]3)CCCC4)CC2=O)cc1. The molecule has 3 aromatic heterocycles. The molecule has 0 saturated carbocycles. The van der Waals surface area contributed by atoms with Crippen LogP contribution in [0.2, 0.25) is 0 Å². The number of rotatable bonds is 6. The summed E-state index contributed by atoms with van der Waals surface area (Å²) < 4.78 is 12.1. The summed E-state index contributed by atoms with van der Waals surface area (Å²) in [5, 5.41) is 7.48. The molecule has 1 unspecified atom stereocenters. The second kappa shape index (κ2) is 9.66. The van der Waals surface area contributed by atoms with Gasteiger partial charge in [0.1, 0.15) is 17.3 Å². The topological polar surface area (TPSA) is 135 Å². The number of furan rings is 1. The van der Waals surface area contributed by atoms with Crippen LogP contribution in [0.4, 0.5) is 11.5 Å². The Morgan fingerprint density at radius 1 is 1.16 bits per heavy atom. The molecule has 2 N–H and O–H groups in total. The number of benzene rings is 1. The van der Waals surface area contributed by atoms with Crippen LogP contribution in [0, 0.1) is 5.92 Å². The third kappa shape index (κ3) is 4.36. The van der Waals surface area contributed by atoms with Gasteiger partial charge < -0.3 is 19.4 Å². The predicted molar refractivity (Wildman–Crippen MR) is 138 cm³/mol. The molecule has 4 heterocycles. The van der Waals surface area contributed by atoms with Crippen molar-refractivity contribution in [1.29, 1.82) is 0 Å². The minimum atomic E-state index is -0.574. The maximum atomic E-state index is 13.3. The van der Waals surface area contributed by atoms with E-state index in [1.54, 1.807) is 54.5 Å². The van der Waals surface area contributed by atoms with Gasteiger partial charge in [-0.15, -0.1) is 0 Å². The Morgan fingerprint density at radius 3 is 2.74 bits per heavy atom. The predicted octanol–water partition coefficient (Wildman–Crippen LogP) is 3.09. The number of hydrogen-bond acceptors (Lipinski definition) is 7. The number of nitrogens with one attached hydrogen (secondary N) is 2.